The van der Waals surface area contributed by atoms with Gasteiger partial charge in [-0.15, -0.1) is 0 Å². The standard InChI is InChI=1S/C13H20N2O4/c1-2-19-13(17)10-8-15(12(16)11(10)14-18)9-6-4-3-5-7-9/h9-10,18H,2-8H2,1H3. The molecule has 1 amide bonds. The van der Waals surface area contributed by atoms with Crippen LogP contribution in [0.25, 0.3) is 0 Å². The van der Waals surface area contributed by atoms with E-state index < -0.39 is 11.9 Å². The Morgan fingerprint density at radius 1 is 1.42 bits per heavy atom. The molecule has 1 unspecified atom stereocenters. The molecular weight excluding hydrogens is 248 g/mol. The van der Waals surface area contributed by atoms with Crippen LogP contribution in [0, 0.1) is 5.92 Å². The summed E-state index contributed by atoms with van der Waals surface area (Å²) < 4.78 is 4.93. The molecule has 2 fully saturated rings. The molecule has 106 valence electrons. The van der Waals surface area contributed by atoms with Crippen LogP contribution in [-0.2, 0) is 14.3 Å². The number of carbonyl (C=O) groups is 2. The number of oxime groups is 1. The van der Waals surface area contributed by atoms with Crippen LogP contribution in [-0.4, -0.2) is 46.9 Å². The Labute approximate surface area is 112 Å². The zero-order valence-corrected chi connectivity index (χ0v) is 11.2. The Morgan fingerprint density at radius 2 is 2.11 bits per heavy atom. The highest BCUT2D eigenvalue weighted by Crippen LogP contribution is 2.28. The smallest absolute Gasteiger partial charge is 0.317 e. The zero-order valence-electron chi connectivity index (χ0n) is 11.2. The predicted molar refractivity (Wildman–Crippen MR) is 67.9 cm³/mol. The van der Waals surface area contributed by atoms with Gasteiger partial charge in [0.1, 0.15) is 5.92 Å². The van der Waals surface area contributed by atoms with Crippen LogP contribution in [0.4, 0.5) is 0 Å². The molecule has 0 bridgehead atoms. The second-order valence-corrected chi connectivity index (χ2v) is 5.04. The second kappa shape index (κ2) is 6.04. The highest BCUT2D eigenvalue weighted by molar-refractivity contribution is 6.44. The topological polar surface area (TPSA) is 79.2 Å². The van der Waals surface area contributed by atoms with Gasteiger partial charge < -0.3 is 14.8 Å². The first kappa shape index (κ1) is 13.8. The molecule has 2 rings (SSSR count). The summed E-state index contributed by atoms with van der Waals surface area (Å²) in [5, 5.41) is 12.0. The van der Waals surface area contributed by atoms with Crippen LogP contribution in [0.1, 0.15) is 39.0 Å². The van der Waals surface area contributed by atoms with Crippen molar-refractivity contribution in [3.8, 4) is 0 Å². The van der Waals surface area contributed by atoms with E-state index >= 15 is 0 Å². The van der Waals surface area contributed by atoms with Crippen LogP contribution in [0.3, 0.4) is 0 Å². The first-order chi connectivity index (χ1) is 9.19. The molecule has 1 saturated heterocycles. The van der Waals surface area contributed by atoms with E-state index in [-0.39, 0.29) is 30.8 Å². The van der Waals surface area contributed by atoms with Gasteiger partial charge in [0.2, 0.25) is 0 Å². The van der Waals surface area contributed by atoms with E-state index in [0.717, 1.165) is 25.7 Å². The van der Waals surface area contributed by atoms with Crippen LogP contribution < -0.4 is 0 Å². The van der Waals surface area contributed by atoms with Crippen LogP contribution in [0.15, 0.2) is 5.16 Å². The van der Waals surface area contributed by atoms with Gasteiger partial charge in [-0.1, -0.05) is 24.4 Å². The van der Waals surface area contributed by atoms with Gasteiger partial charge >= 0.3 is 5.97 Å². The maximum Gasteiger partial charge on any atom is 0.317 e. The van der Waals surface area contributed by atoms with Gasteiger partial charge in [-0.25, -0.2) is 0 Å². The summed E-state index contributed by atoms with van der Waals surface area (Å²) in [5.74, 6) is -1.56. The zero-order chi connectivity index (χ0) is 13.8. The van der Waals surface area contributed by atoms with Crippen LogP contribution in [0.2, 0.25) is 0 Å². The molecule has 0 aromatic heterocycles. The molecule has 0 aromatic carbocycles. The minimum Gasteiger partial charge on any atom is -0.465 e. The largest absolute Gasteiger partial charge is 0.465 e. The molecular formula is C13H20N2O4. The van der Waals surface area contributed by atoms with E-state index in [4.69, 9.17) is 9.94 Å². The molecule has 1 N–H and O–H groups in total. The number of ether oxygens (including phenoxy) is 1. The molecule has 1 aliphatic carbocycles. The van der Waals surface area contributed by atoms with E-state index in [2.05, 4.69) is 5.16 Å². The Hall–Kier alpha value is -1.59. The molecule has 0 spiro atoms. The Kier molecular flexibility index (Phi) is 4.39. The molecule has 1 aliphatic heterocycles. The van der Waals surface area contributed by atoms with Crippen molar-refractivity contribution in [2.75, 3.05) is 13.2 Å². The summed E-state index contributed by atoms with van der Waals surface area (Å²) >= 11 is 0. The summed E-state index contributed by atoms with van der Waals surface area (Å²) in [6, 6.07) is 0.164. The van der Waals surface area contributed by atoms with E-state index in [0.29, 0.717) is 0 Å². The molecule has 0 radical (unpaired) electrons. The van der Waals surface area contributed by atoms with Gasteiger partial charge in [-0.05, 0) is 19.8 Å². The van der Waals surface area contributed by atoms with E-state index in [1.165, 1.54) is 6.42 Å². The fourth-order valence-corrected chi connectivity index (χ4v) is 2.91. The Balaban J connectivity index is 2.11. The highest BCUT2D eigenvalue weighted by Gasteiger charge is 2.45. The molecule has 1 atom stereocenters. The number of esters is 1. The van der Waals surface area contributed by atoms with Crippen LogP contribution in [0.5, 0.6) is 0 Å². The van der Waals surface area contributed by atoms with Gasteiger partial charge in [0, 0.05) is 12.6 Å². The summed E-state index contributed by atoms with van der Waals surface area (Å²) in [4.78, 5) is 25.7. The van der Waals surface area contributed by atoms with Gasteiger partial charge in [0.25, 0.3) is 5.91 Å². The molecule has 19 heavy (non-hydrogen) atoms. The van der Waals surface area contributed by atoms with Gasteiger partial charge in [-0.2, -0.15) is 0 Å². The monoisotopic (exact) mass is 268 g/mol. The summed E-state index contributed by atoms with van der Waals surface area (Å²) in [6.07, 6.45) is 5.31. The van der Waals surface area contributed by atoms with Gasteiger partial charge in [-0.3, -0.25) is 9.59 Å². The van der Waals surface area contributed by atoms with Gasteiger partial charge in [0.05, 0.1) is 6.61 Å². The first-order valence-corrected chi connectivity index (χ1v) is 6.88. The summed E-state index contributed by atoms with van der Waals surface area (Å²) in [6.45, 7) is 2.25. The van der Waals surface area contributed by atoms with Crippen molar-refractivity contribution in [1.82, 2.24) is 4.90 Å². The molecule has 6 nitrogen and oxygen atoms in total. The lowest BCUT2D eigenvalue weighted by atomic mass is 9.94. The number of hydrogen-bond donors (Lipinski definition) is 1. The number of rotatable bonds is 3. The van der Waals surface area contributed by atoms with Crippen molar-refractivity contribution in [2.45, 2.75) is 45.1 Å². The molecule has 2 aliphatic rings. The van der Waals surface area contributed by atoms with Gasteiger partial charge in [0.15, 0.2) is 5.71 Å². The minimum atomic E-state index is -0.751. The SMILES string of the molecule is CCOC(=O)C1CN(C2CCCCC2)C(=O)C1=NO. The predicted octanol–water partition coefficient (Wildman–Crippen LogP) is 1.17. The third-order valence-corrected chi connectivity index (χ3v) is 3.88. The van der Waals surface area contributed by atoms with E-state index in [1.54, 1.807) is 11.8 Å². The fraction of sp³-hybridized carbons (Fsp3) is 0.769. The maximum atomic E-state index is 12.2. The highest BCUT2D eigenvalue weighted by atomic mass is 16.5. The van der Waals surface area contributed by atoms with Crippen molar-refractivity contribution in [3.63, 3.8) is 0 Å². The number of amides is 1. The summed E-state index contributed by atoms with van der Waals surface area (Å²) in [5.41, 5.74) is -0.0796. The van der Waals surface area contributed by atoms with Crippen molar-refractivity contribution < 1.29 is 19.5 Å². The molecule has 1 saturated carbocycles. The number of nitrogens with zero attached hydrogens (tertiary/aromatic N) is 2. The number of likely N-dealkylation sites (tertiary alicyclic amines) is 1. The van der Waals surface area contributed by atoms with Crippen molar-refractivity contribution in [3.05, 3.63) is 0 Å². The van der Waals surface area contributed by atoms with Crippen molar-refractivity contribution >= 4 is 17.6 Å². The quantitative estimate of drug-likeness (QED) is 0.473. The summed E-state index contributed by atoms with van der Waals surface area (Å²) in [7, 11) is 0. The lowest BCUT2D eigenvalue weighted by Crippen LogP contribution is -2.39. The molecule has 0 aromatic rings. The third kappa shape index (κ3) is 2.72. The molecule has 1 heterocycles. The third-order valence-electron chi connectivity index (χ3n) is 3.88. The van der Waals surface area contributed by atoms with E-state index in [1.807, 2.05) is 0 Å². The van der Waals surface area contributed by atoms with Crippen molar-refractivity contribution in [2.24, 2.45) is 11.1 Å². The maximum absolute atomic E-state index is 12.2. The average molecular weight is 268 g/mol. The normalized spacial score (nSPS) is 27.0. The number of hydrogen-bond acceptors (Lipinski definition) is 5. The Bertz CT molecular complexity index is 388. The minimum absolute atomic E-state index is 0.0796. The Morgan fingerprint density at radius 3 is 2.68 bits per heavy atom. The molecule has 6 heteroatoms. The van der Waals surface area contributed by atoms with E-state index in [9.17, 15) is 9.59 Å². The number of carbonyl (C=O) groups excluding carboxylic acids is 2. The lowest BCUT2D eigenvalue weighted by molar-refractivity contribution is -0.145. The first-order valence-electron chi connectivity index (χ1n) is 6.88. The van der Waals surface area contributed by atoms with Crippen LogP contribution >= 0.6 is 0 Å². The second-order valence-electron chi connectivity index (χ2n) is 5.04. The average Bonchev–Trinajstić information content (AvgIpc) is 2.77. The fourth-order valence-electron chi connectivity index (χ4n) is 2.91. The van der Waals surface area contributed by atoms with Crippen molar-refractivity contribution in [1.29, 1.82) is 0 Å². The lowest BCUT2D eigenvalue weighted by Gasteiger charge is -2.30.